The van der Waals surface area contributed by atoms with Crippen molar-refractivity contribution in [2.45, 2.75) is 18.8 Å². The summed E-state index contributed by atoms with van der Waals surface area (Å²) in [6.45, 7) is 3.40. The summed E-state index contributed by atoms with van der Waals surface area (Å²) in [5.41, 5.74) is 7.62. The van der Waals surface area contributed by atoms with Gasteiger partial charge in [0.2, 0.25) is 5.91 Å². The number of nitrogens with two attached hydrogens (primary N) is 1. The zero-order chi connectivity index (χ0) is 19.0. The van der Waals surface area contributed by atoms with Crippen LogP contribution < -0.4 is 11.1 Å². The number of carbonyl (C=O) groups excluding carboxylic acids is 3. The molecule has 0 bridgehead atoms. The molecule has 0 aliphatic carbocycles. The van der Waals surface area contributed by atoms with Crippen LogP contribution in [-0.4, -0.2) is 67.0 Å². The second kappa shape index (κ2) is 7.19. The molecular weight excluding hydrogens is 348 g/mol. The molecule has 3 aliphatic rings. The Kier molecular flexibility index (Phi) is 4.73. The number of hydrogen-bond acceptors (Lipinski definition) is 4. The van der Waals surface area contributed by atoms with Crippen molar-refractivity contribution in [2.75, 3.05) is 44.7 Å². The van der Waals surface area contributed by atoms with Gasteiger partial charge in [0.1, 0.15) is 0 Å². The van der Waals surface area contributed by atoms with E-state index < -0.39 is 6.03 Å². The van der Waals surface area contributed by atoms with Gasteiger partial charge in [-0.25, -0.2) is 4.79 Å². The topological polar surface area (TPSA) is 105 Å². The third-order valence-corrected chi connectivity index (χ3v) is 5.79. The van der Waals surface area contributed by atoms with E-state index in [4.69, 9.17) is 10.5 Å². The van der Waals surface area contributed by atoms with Gasteiger partial charge in [-0.15, -0.1) is 0 Å². The number of primary amides is 1. The van der Waals surface area contributed by atoms with Crippen LogP contribution in [0.3, 0.4) is 0 Å². The van der Waals surface area contributed by atoms with Gasteiger partial charge in [-0.1, -0.05) is 0 Å². The average Bonchev–Trinajstić information content (AvgIpc) is 3.03. The summed E-state index contributed by atoms with van der Waals surface area (Å²) in [7, 11) is 0. The summed E-state index contributed by atoms with van der Waals surface area (Å²) in [4.78, 5) is 40.1. The first kappa shape index (κ1) is 17.8. The highest BCUT2D eigenvalue weighted by Crippen LogP contribution is 2.41. The smallest absolute Gasteiger partial charge is 0.314 e. The van der Waals surface area contributed by atoms with E-state index in [-0.39, 0.29) is 23.7 Å². The Morgan fingerprint density at radius 1 is 1.07 bits per heavy atom. The van der Waals surface area contributed by atoms with E-state index >= 15 is 0 Å². The second-order valence-corrected chi connectivity index (χ2v) is 7.34. The summed E-state index contributed by atoms with van der Waals surface area (Å²) < 4.78 is 5.31. The summed E-state index contributed by atoms with van der Waals surface area (Å²) >= 11 is 0. The molecule has 4 amide bonds. The SMILES string of the molecule is NC(=O)N1CCC(C2C(=O)Nc3ccc(C(=O)N4CCOCC4)cc32)CC1. The summed E-state index contributed by atoms with van der Waals surface area (Å²) in [5.74, 6) is -0.204. The number of urea groups is 1. The predicted octanol–water partition coefficient (Wildman–Crippen LogP) is 0.985. The molecule has 3 heterocycles. The zero-order valence-electron chi connectivity index (χ0n) is 15.1. The molecule has 0 saturated carbocycles. The molecule has 0 aromatic heterocycles. The molecule has 3 N–H and O–H groups in total. The van der Waals surface area contributed by atoms with Crippen molar-refractivity contribution >= 4 is 23.5 Å². The molecule has 144 valence electrons. The number of likely N-dealkylation sites (tertiary alicyclic amines) is 1. The van der Waals surface area contributed by atoms with Gasteiger partial charge < -0.3 is 25.6 Å². The number of carbonyl (C=O) groups is 3. The van der Waals surface area contributed by atoms with Crippen LogP contribution in [0.25, 0.3) is 0 Å². The number of nitrogens with one attached hydrogen (secondary N) is 1. The van der Waals surface area contributed by atoms with Crippen molar-refractivity contribution in [3.8, 4) is 0 Å². The lowest BCUT2D eigenvalue weighted by Crippen LogP contribution is -2.43. The standard InChI is InChI=1S/C19H24N4O4/c20-19(26)23-5-3-12(4-6-23)16-14-11-13(1-2-15(14)21-17(16)24)18(25)22-7-9-27-10-8-22/h1-2,11-12,16H,3-10H2,(H2,20,26)(H,21,24). The predicted molar refractivity (Wildman–Crippen MR) is 98.4 cm³/mol. The Labute approximate surface area is 157 Å². The Bertz CT molecular complexity index is 767. The molecule has 2 saturated heterocycles. The number of anilines is 1. The van der Waals surface area contributed by atoms with Gasteiger partial charge in [0.15, 0.2) is 0 Å². The van der Waals surface area contributed by atoms with Crippen molar-refractivity contribution < 1.29 is 19.1 Å². The number of amides is 4. The first-order chi connectivity index (χ1) is 13.0. The maximum atomic E-state index is 12.8. The monoisotopic (exact) mass is 372 g/mol. The second-order valence-electron chi connectivity index (χ2n) is 7.34. The van der Waals surface area contributed by atoms with E-state index in [9.17, 15) is 14.4 Å². The zero-order valence-corrected chi connectivity index (χ0v) is 15.1. The van der Waals surface area contributed by atoms with E-state index in [1.165, 1.54) is 0 Å². The van der Waals surface area contributed by atoms with Gasteiger partial charge in [0.05, 0.1) is 19.1 Å². The third kappa shape index (κ3) is 3.37. The molecule has 1 aromatic rings. The quantitative estimate of drug-likeness (QED) is 0.807. The van der Waals surface area contributed by atoms with Gasteiger partial charge in [-0.05, 0) is 42.5 Å². The Hall–Kier alpha value is -2.61. The highest BCUT2D eigenvalue weighted by atomic mass is 16.5. The molecule has 1 atom stereocenters. The Morgan fingerprint density at radius 2 is 1.78 bits per heavy atom. The minimum Gasteiger partial charge on any atom is -0.378 e. The average molecular weight is 372 g/mol. The lowest BCUT2D eigenvalue weighted by molar-refractivity contribution is -0.118. The van der Waals surface area contributed by atoms with E-state index in [0.717, 1.165) is 24.1 Å². The van der Waals surface area contributed by atoms with Gasteiger partial charge in [-0.3, -0.25) is 9.59 Å². The minimum absolute atomic E-state index is 0.0252. The van der Waals surface area contributed by atoms with Crippen LogP contribution in [0, 0.1) is 5.92 Å². The summed E-state index contributed by atoms with van der Waals surface area (Å²) in [6, 6.07) is 5.04. The normalized spacial score (nSPS) is 23.1. The van der Waals surface area contributed by atoms with Crippen molar-refractivity contribution in [1.29, 1.82) is 0 Å². The van der Waals surface area contributed by atoms with Gasteiger partial charge in [0.25, 0.3) is 5.91 Å². The first-order valence-corrected chi connectivity index (χ1v) is 9.41. The van der Waals surface area contributed by atoms with Crippen LogP contribution in [0.15, 0.2) is 18.2 Å². The number of morpholine rings is 1. The highest BCUT2D eigenvalue weighted by Gasteiger charge is 2.39. The van der Waals surface area contributed by atoms with Gasteiger partial charge in [-0.2, -0.15) is 0 Å². The Balaban J connectivity index is 1.54. The lowest BCUT2D eigenvalue weighted by Gasteiger charge is -2.33. The van der Waals surface area contributed by atoms with Crippen molar-refractivity contribution in [1.82, 2.24) is 9.80 Å². The van der Waals surface area contributed by atoms with E-state index in [0.29, 0.717) is 45.0 Å². The molecule has 3 aliphatic heterocycles. The van der Waals surface area contributed by atoms with Crippen LogP contribution in [0.2, 0.25) is 0 Å². The molecule has 8 nitrogen and oxygen atoms in total. The maximum absolute atomic E-state index is 12.8. The summed E-state index contributed by atoms with van der Waals surface area (Å²) in [5, 5.41) is 2.94. The largest absolute Gasteiger partial charge is 0.378 e. The fraction of sp³-hybridized carbons (Fsp3) is 0.526. The fourth-order valence-corrected chi connectivity index (χ4v) is 4.29. The van der Waals surface area contributed by atoms with Gasteiger partial charge in [0, 0.05) is 37.4 Å². The molecule has 27 heavy (non-hydrogen) atoms. The molecule has 0 spiro atoms. The van der Waals surface area contributed by atoms with Gasteiger partial charge >= 0.3 is 6.03 Å². The van der Waals surface area contributed by atoms with Crippen molar-refractivity contribution in [3.05, 3.63) is 29.3 Å². The molecule has 1 aromatic carbocycles. The molecule has 2 fully saturated rings. The van der Waals surface area contributed by atoms with Crippen molar-refractivity contribution in [2.24, 2.45) is 11.7 Å². The third-order valence-electron chi connectivity index (χ3n) is 5.79. The Morgan fingerprint density at radius 3 is 2.44 bits per heavy atom. The van der Waals surface area contributed by atoms with Crippen LogP contribution in [0.1, 0.15) is 34.7 Å². The van der Waals surface area contributed by atoms with E-state index in [1.807, 2.05) is 12.1 Å². The van der Waals surface area contributed by atoms with Crippen LogP contribution >= 0.6 is 0 Å². The molecule has 8 heteroatoms. The molecule has 0 radical (unpaired) electrons. The number of benzene rings is 1. The number of ether oxygens (including phenoxy) is 1. The van der Waals surface area contributed by atoms with E-state index in [2.05, 4.69) is 5.32 Å². The molecular formula is C19H24N4O4. The lowest BCUT2D eigenvalue weighted by atomic mass is 9.80. The number of rotatable bonds is 2. The van der Waals surface area contributed by atoms with Crippen LogP contribution in [0.5, 0.6) is 0 Å². The van der Waals surface area contributed by atoms with E-state index in [1.54, 1.807) is 15.9 Å². The maximum Gasteiger partial charge on any atom is 0.314 e. The number of piperidine rings is 1. The number of hydrogen-bond donors (Lipinski definition) is 2. The van der Waals surface area contributed by atoms with Crippen molar-refractivity contribution in [3.63, 3.8) is 0 Å². The number of nitrogens with zero attached hydrogens (tertiary/aromatic N) is 2. The first-order valence-electron chi connectivity index (χ1n) is 9.41. The minimum atomic E-state index is -0.414. The molecule has 1 unspecified atom stereocenters. The fourth-order valence-electron chi connectivity index (χ4n) is 4.29. The summed E-state index contributed by atoms with van der Waals surface area (Å²) in [6.07, 6.45) is 1.45. The highest BCUT2D eigenvalue weighted by molar-refractivity contribution is 6.04. The molecule has 4 rings (SSSR count). The van der Waals surface area contributed by atoms with Crippen LogP contribution in [0.4, 0.5) is 10.5 Å². The number of fused-ring (bicyclic) bond motifs is 1. The van der Waals surface area contributed by atoms with Crippen LogP contribution in [-0.2, 0) is 9.53 Å².